The Bertz CT molecular complexity index is 1830. The number of benzene rings is 3. The monoisotopic (exact) mass is 617 g/mol. The number of non-ortho nitro benzene ring substituents is 1. The minimum Gasteiger partial charge on any atom is -0.503 e. The van der Waals surface area contributed by atoms with E-state index in [2.05, 4.69) is 4.98 Å². The number of hydrogen-bond donors (Lipinski definition) is 1. The van der Waals surface area contributed by atoms with Crippen LogP contribution in [0.1, 0.15) is 48.9 Å². The van der Waals surface area contributed by atoms with E-state index in [1.54, 1.807) is 12.1 Å². The van der Waals surface area contributed by atoms with Crippen molar-refractivity contribution in [3.05, 3.63) is 123 Å². The van der Waals surface area contributed by atoms with E-state index in [9.17, 15) is 33.2 Å². The highest BCUT2D eigenvalue weighted by Gasteiger charge is 2.45. The first-order valence-corrected chi connectivity index (χ1v) is 15.7. The third kappa shape index (κ3) is 5.84. The summed E-state index contributed by atoms with van der Waals surface area (Å²) in [4.78, 5) is 42.6. The number of carbonyl (C=O) groups excluding carboxylic acids is 2. The van der Waals surface area contributed by atoms with Gasteiger partial charge in [0.15, 0.2) is 16.7 Å². The predicted octanol–water partition coefficient (Wildman–Crippen LogP) is 6.11. The van der Waals surface area contributed by atoms with Crippen LogP contribution in [0, 0.1) is 10.1 Å². The molecular weight excluding hydrogens is 590 g/mol. The van der Waals surface area contributed by atoms with Crippen molar-refractivity contribution in [2.24, 2.45) is 0 Å². The van der Waals surface area contributed by atoms with Gasteiger partial charge in [-0.1, -0.05) is 79.8 Å². The molecule has 10 nitrogen and oxygen atoms in total. The maximum atomic E-state index is 13.6. The molecule has 1 N–H and O–H groups in total. The second-order valence-electron chi connectivity index (χ2n) is 10.3. The molecule has 1 aliphatic rings. The molecule has 0 radical (unpaired) electrons. The van der Waals surface area contributed by atoms with E-state index in [0.717, 1.165) is 46.5 Å². The molecule has 12 heteroatoms. The van der Waals surface area contributed by atoms with Crippen molar-refractivity contribution >= 4 is 43.7 Å². The van der Waals surface area contributed by atoms with Gasteiger partial charge >= 0.3 is 0 Å². The minimum absolute atomic E-state index is 0.0270. The molecule has 0 spiro atoms. The summed E-state index contributed by atoms with van der Waals surface area (Å²) in [6, 6.07) is 20.1. The molecule has 3 aromatic carbocycles. The van der Waals surface area contributed by atoms with Gasteiger partial charge in [-0.15, -0.1) is 0 Å². The number of thiazole rings is 1. The number of Topliss-reactive ketones (excluding diaryl/α,β-unsaturated/α-hetero) is 1. The summed E-state index contributed by atoms with van der Waals surface area (Å²) in [5.74, 6) is -1.75. The molecule has 43 heavy (non-hydrogen) atoms. The number of aromatic nitrogens is 1. The number of rotatable bonds is 10. The summed E-state index contributed by atoms with van der Waals surface area (Å²) in [5, 5.41) is 22.0. The third-order valence-corrected chi connectivity index (χ3v) is 10.4. The van der Waals surface area contributed by atoms with Crippen molar-refractivity contribution in [3.63, 3.8) is 0 Å². The van der Waals surface area contributed by atoms with E-state index in [-0.39, 0.29) is 37.8 Å². The molecule has 0 aliphatic carbocycles. The summed E-state index contributed by atoms with van der Waals surface area (Å²) < 4.78 is 26.4. The van der Waals surface area contributed by atoms with Gasteiger partial charge in [-0.3, -0.25) is 24.6 Å². The molecule has 1 aromatic heterocycles. The molecule has 0 saturated heterocycles. The quantitative estimate of drug-likeness (QED) is 0.166. The number of nitro groups is 1. The summed E-state index contributed by atoms with van der Waals surface area (Å²) in [5.41, 5.74) is 2.18. The van der Waals surface area contributed by atoms with Crippen molar-refractivity contribution in [1.82, 2.24) is 4.98 Å². The molecule has 2 heterocycles. The highest BCUT2D eigenvalue weighted by Crippen LogP contribution is 2.44. The molecule has 0 saturated carbocycles. The number of amides is 1. The maximum absolute atomic E-state index is 13.6. The number of sulfone groups is 1. The Morgan fingerprint density at radius 3 is 2.30 bits per heavy atom. The zero-order chi connectivity index (χ0) is 30.9. The van der Waals surface area contributed by atoms with Gasteiger partial charge in [0.25, 0.3) is 11.6 Å². The number of nitro benzene ring substituents is 1. The molecule has 5 rings (SSSR count). The largest absolute Gasteiger partial charge is 0.503 e. The lowest BCUT2D eigenvalue weighted by Gasteiger charge is -2.25. The van der Waals surface area contributed by atoms with Crippen molar-refractivity contribution in [3.8, 4) is 0 Å². The fraction of sp³-hybridized carbons (Fsp3) is 0.194. The number of ketones is 1. The van der Waals surface area contributed by atoms with Gasteiger partial charge in [0.1, 0.15) is 4.21 Å². The van der Waals surface area contributed by atoms with Crippen LogP contribution in [0.4, 0.5) is 10.8 Å². The van der Waals surface area contributed by atoms with E-state index < -0.39 is 38.3 Å². The highest BCUT2D eigenvalue weighted by molar-refractivity contribution is 7.93. The van der Waals surface area contributed by atoms with Crippen LogP contribution in [-0.2, 0) is 25.8 Å². The van der Waals surface area contributed by atoms with Crippen molar-refractivity contribution < 1.29 is 28.0 Å². The molecule has 0 bridgehead atoms. The van der Waals surface area contributed by atoms with Gasteiger partial charge in [0, 0.05) is 18.6 Å². The van der Waals surface area contributed by atoms with E-state index >= 15 is 0 Å². The van der Waals surface area contributed by atoms with Crippen LogP contribution >= 0.6 is 11.3 Å². The lowest BCUT2D eigenvalue weighted by molar-refractivity contribution is -0.384. The molecule has 220 valence electrons. The molecule has 0 fully saturated rings. The van der Waals surface area contributed by atoms with Crippen LogP contribution < -0.4 is 4.90 Å². The Balaban J connectivity index is 1.52. The summed E-state index contributed by atoms with van der Waals surface area (Å²) in [7, 11) is -4.14. The van der Waals surface area contributed by atoms with Crippen molar-refractivity contribution in [2.45, 2.75) is 47.8 Å². The second kappa shape index (κ2) is 11.9. The number of anilines is 1. The zero-order valence-corrected chi connectivity index (χ0v) is 24.8. The Kier molecular flexibility index (Phi) is 8.25. The van der Waals surface area contributed by atoms with Crippen LogP contribution in [0.5, 0.6) is 0 Å². The summed E-state index contributed by atoms with van der Waals surface area (Å²) in [6.45, 7) is 4.07. The molecule has 4 aromatic rings. The van der Waals surface area contributed by atoms with E-state index in [1.165, 1.54) is 0 Å². The molecule has 1 unspecified atom stereocenters. The average molecular weight is 618 g/mol. The van der Waals surface area contributed by atoms with Gasteiger partial charge in [-0.25, -0.2) is 13.4 Å². The number of aliphatic hydroxyl groups excluding tert-OH is 1. The second-order valence-corrected chi connectivity index (χ2v) is 13.5. The number of aryl methyl sites for hydroxylation is 1. The smallest absolute Gasteiger partial charge is 0.296 e. The summed E-state index contributed by atoms with van der Waals surface area (Å²) >= 11 is 0.702. The van der Waals surface area contributed by atoms with Crippen LogP contribution in [-0.4, -0.2) is 35.1 Å². The van der Waals surface area contributed by atoms with Crippen LogP contribution in [0.3, 0.4) is 0 Å². The minimum atomic E-state index is -4.14. The van der Waals surface area contributed by atoms with E-state index in [1.807, 2.05) is 56.3 Å². The van der Waals surface area contributed by atoms with Gasteiger partial charge in [-0.05, 0) is 41.2 Å². The summed E-state index contributed by atoms with van der Waals surface area (Å²) in [6.07, 6.45) is 1.54. The van der Waals surface area contributed by atoms with Crippen molar-refractivity contribution in [1.29, 1.82) is 0 Å². The first-order chi connectivity index (χ1) is 20.5. The van der Waals surface area contributed by atoms with E-state index in [0.29, 0.717) is 23.3 Å². The number of aliphatic hydroxyl groups is 1. The Labute approximate surface area is 252 Å². The predicted molar refractivity (Wildman–Crippen MR) is 161 cm³/mol. The first kappa shape index (κ1) is 29.8. The molecule has 1 aliphatic heterocycles. The molecule has 1 atom stereocenters. The normalized spacial score (nSPS) is 15.4. The highest BCUT2D eigenvalue weighted by atomic mass is 32.2. The van der Waals surface area contributed by atoms with Gasteiger partial charge < -0.3 is 5.11 Å². The van der Waals surface area contributed by atoms with Gasteiger partial charge in [0.2, 0.25) is 9.84 Å². The lowest BCUT2D eigenvalue weighted by atomic mass is 9.92. The van der Waals surface area contributed by atoms with Crippen LogP contribution in [0.2, 0.25) is 0 Å². The standard InChI is InChI=1S/C31H27N3O7S2/c1-19(2)21-9-11-22(12-10-21)28-27(25(35)17-8-20-6-4-3-5-7-20)29(36)30(37)33(28)31-32-18-26(42-31)43(40,41)24-15-13-23(14-16-24)34(38)39/h3-7,9-16,18-19,28,36H,8,17H2,1-2H3. The fourth-order valence-electron chi connectivity index (χ4n) is 4.85. The SMILES string of the molecule is CC(C)c1ccc(C2C(C(=O)CCc3ccccc3)=C(O)C(=O)N2c2ncc(S(=O)(=O)c3ccc([N+](=O)[O-])cc3)s2)cc1. The maximum Gasteiger partial charge on any atom is 0.296 e. The lowest BCUT2D eigenvalue weighted by Crippen LogP contribution is -2.31. The average Bonchev–Trinajstić information content (AvgIpc) is 3.60. The Morgan fingerprint density at radius 2 is 1.70 bits per heavy atom. The van der Waals surface area contributed by atoms with Crippen molar-refractivity contribution in [2.75, 3.05) is 4.90 Å². The molecular formula is C31H27N3O7S2. The first-order valence-electron chi connectivity index (χ1n) is 13.4. The topological polar surface area (TPSA) is 148 Å². The van der Waals surface area contributed by atoms with Gasteiger partial charge in [-0.2, -0.15) is 0 Å². The fourth-order valence-corrected chi connectivity index (χ4v) is 7.40. The number of nitrogens with zero attached hydrogens (tertiary/aromatic N) is 3. The van der Waals surface area contributed by atoms with E-state index in [4.69, 9.17) is 0 Å². The Hall–Kier alpha value is -4.68. The van der Waals surface area contributed by atoms with Crippen LogP contribution in [0.15, 0.2) is 105 Å². The third-order valence-electron chi connectivity index (χ3n) is 7.21. The van der Waals surface area contributed by atoms with Gasteiger partial charge in [0.05, 0.1) is 27.6 Å². The van der Waals surface area contributed by atoms with Crippen LogP contribution in [0.25, 0.3) is 0 Å². The molecule has 1 amide bonds. The Morgan fingerprint density at radius 1 is 1.05 bits per heavy atom. The number of hydrogen-bond acceptors (Lipinski definition) is 9. The number of carbonyl (C=O) groups is 2. The zero-order valence-electron chi connectivity index (χ0n) is 23.2.